The Morgan fingerprint density at radius 1 is 1.09 bits per heavy atom. The topological polar surface area (TPSA) is 62.3 Å². The average molecular weight is 454 g/mol. The lowest BCUT2D eigenvalue weighted by Gasteiger charge is -2.29. The molecule has 2 heterocycles. The van der Waals surface area contributed by atoms with Gasteiger partial charge in [0, 0.05) is 36.8 Å². The van der Waals surface area contributed by atoms with Crippen LogP contribution in [0.5, 0.6) is 0 Å². The van der Waals surface area contributed by atoms with E-state index in [2.05, 4.69) is 16.8 Å². The van der Waals surface area contributed by atoms with Crippen LogP contribution in [0.2, 0.25) is 0 Å². The number of benzene rings is 1. The minimum atomic E-state index is -3.36. The molecule has 1 fully saturated rings. The van der Waals surface area contributed by atoms with Crippen molar-refractivity contribution in [2.75, 3.05) is 29.6 Å². The van der Waals surface area contributed by atoms with Gasteiger partial charge in [0.2, 0.25) is 0 Å². The van der Waals surface area contributed by atoms with E-state index in [1.807, 2.05) is 56.3 Å². The summed E-state index contributed by atoms with van der Waals surface area (Å²) in [6, 6.07) is 13.9. The third-order valence-corrected chi connectivity index (χ3v) is 6.09. The standard InChI is InChI=1S/C24H29N3O2S.C2H6/c1-4-11-22(30(3,28)29)16-19(2)23-17-21(27-14-9-6-10-15-27)18-24(26-23)25-20-12-7-5-8-13-20;1-2/h4-5,7-8,11-13,16-18H,2,6,9-10,14-15H2,1,3H3,(H,25,26);1-2H3/b11-4-,22-16+;. The SMILES string of the molecule is C=C(/C=C(\C=C/C)S(C)(=O)=O)c1cc(N2CCCCC2)cc(Nc2ccccc2)n1.CC. The third-order valence-electron chi connectivity index (χ3n) is 4.98. The zero-order valence-electron chi connectivity index (χ0n) is 19.6. The van der Waals surface area contributed by atoms with E-state index in [0.29, 0.717) is 17.1 Å². The van der Waals surface area contributed by atoms with Gasteiger partial charge in [0.05, 0.1) is 10.6 Å². The van der Waals surface area contributed by atoms with E-state index >= 15 is 0 Å². The summed E-state index contributed by atoms with van der Waals surface area (Å²) in [6.07, 6.45) is 9.66. The molecule has 0 spiro atoms. The first kappa shape index (κ1) is 25.4. The number of allylic oxidation sites excluding steroid dienone is 4. The lowest BCUT2D eigenvalue weighted by molar-refractivity contribution is 0.577. The summed E-state index contributed by atoms with van der Waals surface area (Å²) in [5, 5.41) is 3.36. The number of pyridine rings is 1. The fourth-order valence-corrected chi connectivity index (χ4v) is 4.18. The molecule has 1 N–H and O–H groups in total. The van der Waals surface area contributed by atoms with Crippen molar-refractivity contribution >= 4 is 32.6 Å². The Kier molecular flexibility index (Phi) is 9.72. The average Bonchev–Trinajstić information content (AvgIpc) is 2.80. The summed E-state index contributed by atoms with van der Waals surface area (Å²) in [4.78, 5) is 7.29. The van der Waals surface area contributed by atoms with Gasteiger partial charge in [0.15, 0.2) is 9.84 Å². The fourth-order valence-electron chi connectivity index (χ4n) is 3.44. The van der Waals surface area contributed by atoms with Crippen LogP contribution >= 0.6 is 0 Å². The molecule has 1 aliphatic rings. The minimum absolute atomic E-state index is 0.220. The Morgan fingerprint density at radius 3 is 2.34 bits per heavy atom. The largest absolute Gasteiger partial charge is 0.371 e. The van der Waals surface area contributed by atoms with Crippen LogP contribution in [-0.2, 0) is 9.84 Å². The monoisotopic (exact) mass is 453 g/mol. The van der Waals surface area contributed by atoms with E-state index in [1.54, 1.807) is 25.2 Å². The van der Waals surface area contributed by atoms with Gasteiger partial charge in [-0.3, -0.25) is 0 Å². The van der Waals surface area contributed by atoms with Gasteiger partial charge in [-0.2, -0.15) is 0 Å². The van der Waals surface area contributed by atoms with Crippen molar-refractivity contribution in [2.24, 2.45) is 0 Å². The highest BCUT2D eigenvalue weighted by atomic mass is 32.2. The molecule has 3 rings (SSSR count). The molecule has 5 nitrogen and oxygen atoms in total. The number of nitrogens with one attached hydrogen (secondary N) is 1. The fraction of sp³-hybridized carbons (Fsp3) is 0.346. The minimum Gasteiger partial charge on any atom is -0.371 e. The van der Waals surface area contributed by atoms with Crippen molar-refractivity contribution in [3.63, 3.8) is 0 Å². The van der Waals surface area contributed by atoms with Crippen LogP contribution in [0, 0.1) is 0 Å². The van der Waals surface area contributed by atoms with E-state index in [4.69, 9.17) is 4.98 Å². The Labute approximate surface area is 193 Å². The first-order chi connectivity index (χ1) is 15.4. The van der Waals surface area contributed by atoms with Crippen LogP contribution in [0.4, 0.5) is 17.2 Å². The van der Waals surface area contributed by atoms with E-state index in [-0.39, 0.29) is 4.91 Å². The van der Waals surface area contributed by atoms with Gasteiger partial charge in [0.1, 0.15) is 5.82 Å². The van der Waals surface area contributed by atoms with Crippen LogP contribution in [-0.4, -0.2) is 32.7 Å². The molecule has 32 heavy (non-hydrogen) atoms. The zero-order chi connectivity index (χ0) is 23.6. The van der Waals surface area contributed by atoms with Crippen molar-refractivity contribution in [2.45, 2.75) is 40.0 Å². The third kappa shape index (κ3) is 7.38. The van der Waals surface area contributed by atoms with Gasteiger partial charge in [-0.15, -0.1) is 0 Å². The normalized spacial score (nSPS) is 14.6. The Hall–Kier alpha value is -2.86. The molecular formula is C26H35N3O2S. The van der Waals surface area contributed by atoms with Gasteiger partial charge in [-0.05, 0) is 62.1 Å². The molecule has 2 aromatic rings. The molecule has 0 bridgehead atoms. The number of para-hydroxylation sites is 1. The Morgan fingerprint density at radius 2 is 1.75 bits per heavy atom. The maximum absolute atomic E-state index is 12.1. The van der Waals surface area contributed by atoms with E-state index < -0.39 is 9.84 Å². The van der Waals surface area contributed by atoms with Crippen molar-refractivity contribution in [3.8, 4) is 0 Å². The Bertz CT molecular complexity index is 1050. The number of piperidine rings is 1. The molecule has 0 atom stereocenters. The van der Waals surface area contributed by atoms with Crippen LogP contribution in [0.25, 0.3) is 5.57 Å². The molecule has 6 heteroatoms. The quantitative estimate of drug-likeness (QED) is 0.494. The molecule has 0 aliphatic carbocycles. The van der Waals surface area contributed by atoms with Crippen LogP contribution in [0.1, 0.15) is 45.7 Å². The molecule has 0 unspecified atom stereocenters. The van der Waals surface area contributed by atoms with Gasteiger partial charge < -0.3 is 10.2 Å². The van der Waals surface area contributed by atoms with Gasteiger partial charge >= 0.3 is 0 Å². The maximum Gasteiger partial charge on any atom is 0.175 e. The zero-order valence-corrected chi connectivity index (χ0v) is 20.5. The second-order valence-corrected chi connectivity index (χ2v) is 9.49. The van der Waals surface area contributed by atoms with Crippen LogP contribution in [0.15, 0.2) is 72.2 Å². The molecule has 0 saturated carbocycles. The summed E-state index contributed by atoms with van der Waals surface area (Å²) in [5.41, 5.74) is 3.23. The summed E-state index contributed by atoms with van der Waals surface area (Å²) < 4.78 is 24.2. The molecule has 1 saturated heterocycles. The number of aromatic nitrogens is 1. The van der Waals surface area contributed by atoms with Gasteiger partial charge in [0.25, 0.3) is 0 Å². The summed E-state index contributed by atoms with van der Waals surface area (Å²) >= 11 is 0. The van der Waals surface area contributed by atoms with Gasteiger partial charge in [-0.25, -0.2) is 13.4 Å². The number of hydrogen-bond donors (Lipinski definition) is 1. The highest BCUT2D eigenvalue weighted by Crippen LogP contribution is 2.28. The highest BCUT2D eigenvalue weighted by molar-refractivity contribution is 7.94. The summed E-state index contributed by atoms with van der Waals surface area (Å²) in [5.74, 6) is 0.709. The van der Waals surface area contributed by atoms with Crippen molar-refractivity contribution in [1.82, 2.24) is 4.98 Å². The summed E-state index contributed by atoms with van der Waals surface area (Å²) in [7, 11) is -3.36. The number of rotatable bonds is 7. The maximum atomic E-state index is 12.1. The van der Waals surface area contributed by atoms with Crippen molar-refractivity contribution in [1.29, 1.82) is 0 Å². The predicted molar refractivity (Wildman–Crippen MR) is 138 cm³/mol. The molecule has 0 amide bonds. The van der Waals surface area contributed by atoms with E-state index in [0.717, 1.165) is 24.5 Å². The molecule has 0 radical (unpaired) electrons. The van der Waals surface area contributed by atoms with Crippen molar-refractivity contribution in [3.05, 3.63) is 77.9 Å². The first-order valence-electron chi connectivity index (χ1n) is 11.2. The molecule has 172 valence electrons. The first-order valence-corrected chi connectivity index (χ1v) is 13.1. The summed E-state index contributed by atoms with van der Waals surface area (Å²) in [6.45, 7) is 11.9. The van der Waals surface area contributed by atoms with Crippen LogP contribution in [0.3, 0.4) is 0 Å². The molecular weight excluding hydrogens is 418 g/mol. The lowest BCUT2D eigenvalue weighted by atomic mass is 10.1. The number of sulfone groups is 1. The highest BCUT2D eigenvalue weighted by Gasteiger charge is 2.15. The predicted octanol–water partition coefficient (Wildman–Crippen LogP) is 6.36. The van der Waals surface area contributed by atoms with Crippen LogP contribution < -0.4 is 10.2 Å². The van der Waals surface area contributed by atoms with Gasteiger partial charge in [-0.1, -0.05) is 44.7 Å². The Balaban J connectivity index is 0.00000176. The lowest BCUT2D eigenvalue weighted by Crippen LogP contribution is -2.29. The number of hydrogen-bond acceptors (Lipinski definition) is 5. The molecule has 1 aromatic heterocycles. The van der Waals surface area contributed by atoms with Crippen molar-refractivity contribution < 1.29 is 8.42 Å². The van der Waals surface area contributed by atoms with E-state index in [9.17, 15) is 8.42 Å². The smallest absolute Gasteiger partial charge is 0.175 e. The van der Waals surface area contributed by atoms with E-state index in [1.165, 1.54) is 25.5 Å². The molecule has 1 aromatic carbocycles. The number of anilines is 3. The second kappa shape index (κ2) is 12.2. The second-order valence-electron chi connectivity index (χ2n) is 7.48. The molecule has 1 aliphatic heterocycles. The number of nitrogens with zero attached hydrogens (tertiary/aromatic N) is 2.